The van der Waals surface area contributed by atoms with Crippen LogP contribution in [-0.4, -0.2) is 30.5 Å². The number of rotatable bonds is 3. The zero-order valence-electron chi connectivity index (χ0n) is 17.4. The summed E-state index contributed by atoms with van der Waals surface area (Å²) in [7, 11) is 1.24. The minimum absolute atomic E-state index is 0.193. The van der Waals surface area contributed by atoms with Gasteiger partial charge >= 0.3 is 12.4 Å². The fraction of sp³-hybridized carbons (Fsp3) is 0.400. The van der Waals surface area contributed by atoms with Crippen LogP contribution >= 0.6 is 0 Å². The summed E-state index contributed by atoms with van der Waals surface area (Å²) in [6, 6.07) is 1.00. The zero-order valence-corrected chi connectivity index (χ0v) is 17.4. The monoisotopic (exact) mass is 472 g/mol. The van der Waals surface area contributed by atoms with Crippen LogP contribution in [0.3, 0.4) is 0 Å². The van der Waals surface area contributed by atoms with Gasteiger partial charge in [-0.3, -0.25) is 14.5 Å². The Kier molecular flexibility index (Phi) is 5.45. The van der Waals surface area contributed by atoms with Gasteiger partial charge < -0.3 is 5.32 Å². The van der Waals surface area contributed by atoms with E-state index in [1.54, 1.807) is 6.92 Å². The number of hydrogen-bond donors (Lipinski definition) is 1. The number of alkyl halides is 6. The average Bonchev–Trinajstić information content (AvgIpc) is 3.31. The molecular formula is C20H18F6N6O. The standard InChI is InChI=1S/C20H18F6N6O/c1-10-8-27-16(19(21,22)23)6-14(10)32-9-11-12(4-3-5-13(11)29-32)28-18(33)15-7-17(20(24,25)26)30-31(15)2/h6-9,12H,3-5H2,1-2H3,(H,28,33)/t12-/m0/s1. The lowest BCUT2D eigenvalue weighted by Gasteiger charge is -2.22. The molecule has 3 aromatic heterocycles. The highest BCUT2D eigenvalue weighted by atomic mass is 19.4. The quantitative estimate of drug-likeness (QED) is 0.581. The summed E-state index contributed by atoms with van der Waals surface area (Å²) < 4.78 is 80.2. The summed E-state index contributed by atoms with van der Waals surface area (Å²) >= 11 is 0. The van der Waals surface area contributed by atoms with Crippen molar-refractivity contribution in [2.45, 2.75) is 44.6 Å². The number of nitrogens with one attached hydrogen (secondary N) is 1. The largest absolute Gasteiger partial charge is 0.435 e. The van der Waals surface area contributed by atoms with E-state index in [-0.39, 0.29) is 11.4 Å². The predicted octanol–water partition coefficient (Wildman–Crippen LogP) is 4.15. The number of amides is 1. The van der Waals surface area contributed by atoms with Crippen LogP contribution in [0.5, 0.6) is 0 Å². The third-order valence-corrected chi connectivity index (χ3v) is 5.43. The van der Waals surface area contributed by atoms with E-state index in [2.05, 4.69) is 20.5 Å². The Hall–Kier alpha value is -3.38. The molecule has 0 saturated heterocycles. The second kappa shape index (κ2) is 7.89. The van der Waals surface area contributed by atoms with Crippen LogP contribution in [0.4, 0.5) is 26.3 Å². The maximum atomic E-state index is 13.1. The lowest BCUT2D eigenvalue weighted by atomic mass is 9.93. The van der Waals surface area contributed by atoms with E-state index in [0.29, 0.717) is 42.1 Å². The normalized spacial score (nSPS) is 16.5. The maximum Gasteiger partial charge on any atom is 0.435 e. The van der Waals surface area contributed by atoms with Crippen LogP contribution in [0.15, 0.2) is 24.5 Å². The number of fused-ring (bicyclic) bond motifs is 1. The molecule has 0 aromatic carbocycles. The van der Waals surface area contributed by atoms with Crippen molar-refractivity contribution in [2.75, 3.05) is 0 Å². The van der Waals surface area contributed by atoms with Crippen molar-refractivity contribution in [2.24, 2.45) is 7.05 Å². The Balaban J connectivity index is 1.63. The summed E-state index contributed by atoms with van der Waals surface area (Å²) in [6.07, 6.45) is -4.98. The van der Waals surface area contributed by atoms with E-state index in [0.717, 1.165) is 16.9 Å². The Morgan fingerprint density at radius 1 is 1.09 bits per heavy atom. The Morgan fingerprint density at radius 2 is 1.79 bits per heavy atom. The number of carbonyl (C=O) groups excluding carboxylic acids is 1. The van der Waals surface area contributed by atoms with Gasteiger partial charge in [0, 0.05) is 31.1 Å². The number of nitrogens with zero attached hydrogens (tertiary/aromatic N) is 5. The lowest BCUT2D eigenvalue weighted by molar-refractivity contribution is -0.142. The van der Waals surface area contributed by atoms with Gasteiger partial charge in [-0.05, 0) is 37.8 Å². The zero-order chi connectivity index (χ0) is 24.1. The fourth-order valence-corrected chi connectivity index (χ4v) is 3.78. The van der Waals surface area contributed by atoms with E-state index in [1.807, 2.05) is 0 Å². The molecule has 7 nitrogen and oxygen atoms in total. The van der Waals surface area contributed by atoms with Crippen molar-refractivity contribution in [1.82, 2.24) is 29.9 Å². The van der Waals surface area contributed by atoms with Crippen molar-refractivity contribution < 1.29 is 31.1 Å². The third-order valence-electron chi connectivity index (χ3n) is 5.43. The molecule has 1 aliphatic carbocycles. The molecular weight excluding hydrogens is 454 g/mol. The fourth-order valence-electron chi connectivity index (χ4n) is 3.78. The van der Waals surface area contributed by atoms with Crippen LogP contribution < -0.4 is 5.32 Å². The van der Waals surface area contributed by atoms with Gasteiger partial charge in [-0.1, -0.05) is 0 Å². The molecule has 0 radical (unpaired) electrons. The van der Waals surface area contributed by atoms with Crippen molar-refractivity contribution >= 4 is 5.91 Å². The van der Waals surface area contributed by atoms with Gasteiger partial charge in [0.25, 0.3) is 5.91 Å². The molecule has 13 heteroatoms. The molecule has 1 atom stereocenters. The first kappa shape index (κ1) is 22.8. The molecule has 1 aliphatic rings. The van der Waals surface area contributed by atoms with Crippen LogP contribution in [0.25, 0.3) is 5.69 Å². The number of halogens is 6. The maximum absolute atomic E-state index is 13.1. The van der Waals surface area contributed by atoms with E-state index in [9.17, 15) is 31.1 Å². The number of aromatic nitrogens is 5. The van der Waals surface area contributed by atoms with E-state index >= 15 is 0 Å². The highest BCUT2D eigenvalue weighted by molar-refractivity contribution is 5.93. The third kappa shape index (κ3) is 4.44. The van der Waals surface area contributed by atoms with Gasteiger partial charge in [0.2, 0.25) is 0 Å². The highest BCUT2D eigenvalue weighted by Gasteiger charge is 2.36. The second-order valence-corrected chi connectivity index (χ2v) is 7.78. The number of aryl methyl sites for hydroxylation is 3. The topological polar surface area (TPSA) is 77.6 Å². The minimum Gasteiger partial charge on any atom is -0.344 e. The molecule has 0 unspecified atom stereocenters. The second-order valence-electron chi connectivity index (χ2n) is 7.78. The molecule has 4 rings (SSSR count). The van der Waals surface area contributed by atoms with E-state index in [1.165, 1.54) is 17.9 Å². The average molecular weight is 472 g/mol. The lowest BCUT2D eigenvalue weighted by Crippen LogP contribution is -2.31. The molecule has 0 spiro atoms. The van der Waals surface area contributed by atoms with Gasteiger partial charge in [0.05, 0.1) is 17.4 Å². The van der Waals surface area contributed by atoms with Gasteiger partial charge in [0.1, 0.15) is 11.4 Å². The summed E-state index contributed by atoms with van der Waals surface area (Å²) in [6.45, 7) is 1.60. The molecule has 3 aromatic rings. The SMILES string of the molecule is Cc1cnc(C(F)(F)F)cc1-n1cc2c(n1)CCC[C@@H]2NC(=O)c1cc(C(F)(F)F)nn1C. The molecule has 1 N–H and O–H groups in total. The first-order valence-electron chi connectivity index (χ1n) is 9.89. The summed E-state index contributed by atoms with van der Waals surface area (Å²) in [5.74, 6) is -0.745. The van der Waals surface area contributed by atoms with Crippen molar-refractivity contribution in [3.05, 3.63) is 58.4 Å². The van der Waals surface area contributed by atoms with Crippen LogP contribution in [0.2, 0.25) is 0 Å². The minimum atomic E-state index is -4.69. The molecule has 0 aliphatic heterocycles. The molecule has 176 valence electrons. The smallest absolute Gasteiger partial charge is 0.344 e. The van der Waals surface area contributed by atoms with Gasteiger partial charge in [-0.15, -0.1) is 0 Å². The Bertz CT molecular complexity index is 1210. The number of carbonyl (C=O) groups is 1. The molecule has 0 bridgehead atoms. The molecule has 1 amide bonds. The first-order valence-corrected chi connectivity index (χ1v) is 9.89. The number of hydrogen-bond acceptors (Lipinski definition) is 4. The first-order chi connectivity index (χ1) is 15.3. The summed E-state index contributed by atoms with van der Waals surface area (Å²) in [5, 5.41) is 10.4. The van der Waals surface area contributed by atoms with Gasteiger partial charge in [-0.2, -0.15) is 36.5 Å². The summed E-state index contributed by atoms with van der Waals surface area (Å²) in [4.78, 5) is 16.1. The van der Waals surface area contributed by atoms with Crippen molar-refractivity contribution in [3.8, 4) is 5.69 Å². The summed E-state index contributed by atoms with van der Waals surface area (Å²) in [5.41, 5.74) is -0.646. The van der Waals surface area contributed by atoms with Crippen LogP contribution in [0.1, 0.15) is 57.6 Å². The van der Waals surface area contributed by atoms with Crippen LogP contribution in [0, 0.1) is 6.92 Å². The molecule has 0 fully saturated rings. The molecule has 33 heavy (non-hydrogen) atoms. The molecule has 3 heterocycles. The van der Waals surface area contributed by atoms with E-state index < -0.39 is 35.7 Å². The van der Waals surface area contributed by atoms with Crippen LogP contribution in [-0.2, 0) is 25.8 Å². The highest BCUT2D eigenvalue weighted by Crippen LogP contribution is 2.33. The van der Waals surface area contributed by atoms with Gasteiger partial charge in [0.15, 0.2) is 5.69 Å². The predicted molar refractivity (Wildman–Crippen MR) is 102 cm³/mol. The molecule has 0 saturated carbocycles. The van der Waals surface area contributed by atoms with Crippen molar-refractivity contribution in [3.63, 3.8) is 0 Å². The Morgan fingerprint density at radius 3 is 2.42 bits per heavy atom. The van der Waals surface area contributed by atoms with Crippen molar-refractivity contribution in [1.29, 1.82) is 0 Å². The van der Waals surface area contributed by atoms with Gasteiger partial charge in [-0.25, -0.2) is 4.68 Å². The Labute approximate surface area is 183 Å². The number of pyridine rings is 1. The van der Waals surface area contributed by atoms with E-state index in [4.69, 9.17) is 0 Å².